The third-order valence-corrected chi connectivity index (χ3v) is 6.86. The maximum Gasteiger partial charge on any atom is 0.240 e. The molecule has 142 valence electrons. The van der Waals surface area contributed by atoms with Crippen LogP contribution in [0.15, 0.2) is 27.4 Å². The third-order valence-electron chi connectivity index (χ3n) is 3.29. The summed E-state index contributed by atoms with van der Waals surface area (Å²) in [5.74, 6) is -0.0883. The number of thioether (sulfide) groups is 1. The first-order valence-electron chi connectivity index (χ1n) is 7.90. The van der Waals surface area contributed by atoms with E-state index in [-0.39, 0.29) is 16.6 Å². The fourth-order valence-corrected chi connectivity index (χ4v) is 4.54. The molecule has 0 atom stereocenters. The van der Waals surface area contributed by atoms with Gasteiger partial charge in [0.2, 0.25) is 21.1 Å². The van der Waals surface area contributed by atoms with Gasteiger partial charge in [-0.2, -0.15) is 0 Å². The lowest BCUT2D eigenvalue weighted by Gasteiger charge is -2.10. The molecule has 0 aliphatic carbocycles. The van der Waals surface area contributed by atoms with Crippen LogP contribution in [0.4, 0.5) is 10.8 Å². The minimum absolute atomic E-state index is 0.140. The molecule has 0 aliphatic rings. The number of rotatable bonds is 9. The summed E-state index contributed by atoms with van der Waals surface area (Å²) in [6, 6.07) is 4.77. The molecule has 0 saturated carbocycles. The van der Waals surface area contributed by atoms with Crippen LogP contribution in [0.25, 0.3) is 0 Å². The molecule has 11 heteroatoms. The van der Waals surface area contributed by atoms with Gasteiger partial charge < -0.3 is 10.6 Å². The molecule has 0 radical (unpaired) electrons. The van der Waals surface area contributed by atoms with Crippen molar-refractivity contribution in [3.63, 3.8) is 0 Å². The molecule has 1 amide bonds. The van der Waals surface area contributed by atoms with Gasteiger partial charge in [0.1, 0.15) is 0 Å². The minimum atomic E-state index is -3.58. The maximum absolute atomic E-state index is 12.1. The van der Waals surface area contributed by atoms with Gasteiger partial charge in [-0.3, -0.25) is 4.79 Å². The van der Waals surface area contributed by atoms with E-state index in [0.717, 1.165) is 18.1 Å². The lowest BCUT2D eigenvalue weighted by Crippen LogP contribution is -2.20. The lowest BCUT2D eigenvalue weighted by molar-refractivity contribution is -0.113. The van der Waals surface area contributed by atoms with Gasteiger partial charge in [0.05, 0.1) is 10.6 Å². The van der Waals surface area contributed by atoms with Crippen LogP contribution in [0.5, 0.6) is 0 Å². The van der Waals surface area contributed by atoms with Crippen LogP contribution in [0.2, 0.25) is 0 Å². The largest absolute Gasteiger partial charge is 0.360 e. The average Bonchev–Trinajstić information content (AvgIpc) is 3.07. The van der Waals surface area contributed by atoms with Crippen molar-refractivity contribution in [2.45, 2.75) is 29.5 Å². The summed E-state index contributed by atoms with van der Waals surface area (Å²) < 4.78 is 27.0. The zero-order valence-corrected chi connectivity index (χ0v) is 17.1. The third kappa shape index (κ3) is 5.66. The van der Waals surface area contributed by atoms with Crippen LogP contribution in [0, 0.1) is 6.92 Å². The Hall–Kier alpha value is -1.69. The molecule has 0 bridgehead atoms. The van der Waals surface area contributed by atoms with Gasteiger partial charge in [-0.05, 0) is 38.1 Å². The molecule has 0 aliphatic heterocycles. The smallest absolute Gasteiger partial charge is 0.240 e. The van der Waals surface area contributed by atoms with Gasteiger partial charge >= 0.3 is 0 Å². The highest BCUT2D eigenvalue weighted by molar-refractivity contribution is 8.01. The summed E-state index contributed by atoms with van der Waals surface area (Å²) in [5.41, 5.74) is 1.03. The highest BCUT2D eigenvalue weighted by Crippen LogP contribution is 2.26. The zero-order chi connectivity index (χ0) is 19.2. The molecule has 1 aromatic heterocycles. The monoisotopic (exact) mass is 415 g/mol. The number of aryl methyl sites for hydroxylation is 1. The number of amides is 1. The Labute approximate surface area is 161 Å². The minimum Gasteiger partial charge on any atom is -0.360 e. The number of hydrogen-bond donors (Lipinski definition) is 3. The Kier molecular flexibility index (Phi) is 7.38. The number of aromatic nitrogens is 2. The van der Waals surface area contributed by atoms with Crippen molar-refractivity contribution < 1.29 is 13.2 Å². The fourth-order valence-electron chi connectivity index (χ4n) is 1.97. The Bertz CT molecular complexity index is 867. The van der Waals surface area contributed by atoms with E-state index >= 15 is 0 Å². The first kappa shape index (κ1) is 20.6. The van der Waals surface area contributed by atoms with Crippen molar-refractivity contribution in [2.75, 3.05) is 30.0 Å². The summed E-state index contributed by atoms with van der Waals surface area (Å²) in [6.45, 7) is 4.59. The van der Waals surface area contributed by atoms with E-state index in [1.807, 2.05) is 0 Å². The van der Waals surface area contributed by atoms with Crippen LogP contribution in [0.1, 0.15) is 18.9 Å². The Balaban J connectivity index is 1.96. The molecule has 0 saturated heterocycles. The summed E-state index contributed by atoms with van der Waals surface area (Å²) in [4.78, 5) is 12.3. The molecule has 1 aromatic carbocycles. The van der Waals surface area contributed by atoms with Gasteiger partial charge in [0.15, 0.2) is 4.34 Å². The summed E-state index contributed by atoms with van der Waals surface area (Å²) in [6.07, 6.45) is 0.992. The van der Waals surface area contributed by atoms with Crippen molar-refractivity contribution in [1.82, 2.24) is 14.9 Å². The molecule has 1 heterocycles. The van der Waals surface area contributed by atoms with Crippen molar-refractivity contribution in [3.8, 4) is 0 Å². The summed E-state index contributed by atoms with van der Waals surface area (Å²) in [7, 11) is -2.23. The van der Waals surface area contributed by atoms with Crippen LogP contribution in [-0.4, -0.2) is 43.9 Å². The van der Waals surface area contributed by atoms with Crippen LogP contribution < -0.4 is 15.4 Å². The number of nitrogens with zero attached hydrogens (tertiary/aromatic N) is 2. The van der Waals surface area contributed by atoms with E-state index in [9.17, 15) is 13.2 Å². The molecule has 3 N–H and O–H groups in total. The molecule has 8 nitrogen and oxygen atoms in total. The first-order valence-corrected chi connectivity index (χ1v) is 11.2. The van der Waals surface area contributed by atoms with Crippen molar-refractivity contribution in [1.29, 1.82) is 0 Å². The Morgan fingerprint density at radius 1 is 1.31 bits per heavy atom. The quantitative estimate of drug-likeness (QED) is 0.539. The Morgan fingerprint density at radius 3 is 2.77 bits per heavy atom. The molecule has 0 fully saturated rings. The predicted molar refractivity (Wildman–Crippen MR) is 105 cm³/mol. The normalized spacial score (nSPS) is 11.3. The van der Waals surface area contributed by atoms with Gasteiger partial charge in [0.25, 0.3) is 0 Å². The molecule has 2 aromatic rings. The van der Waals surface area contributed by atoms with E-state index in [1.54, 1.807) is 19.1 Å². The topological polar surface area (TPSA) is 113 Å². The zero-order valence-electron chi connectivity index (χ0n) is 14.7. The maximum atomic E-state index is 12.1. The molecule has 26 heavy (non-hydrogen) atoms. The van der Waals surface area contributed by atoms with Crippen LogP contribution in [0.3, 0.4) is 0 Å². The van der Waals surface area contributed by atoms with Gasteiger partial charge in [-0.25, -0.2) is 13.1 Å². The van der Waals surface area contributed by atoms with Gasteiger partial charge in [0, 0.05) is 12.2 Å². The molecular weight excluding hydrogens is 394 g/mol. The molecule has 0 unspecified atom stereocenters. The Morgan fingerprint density at radius 2 is 2.08 bits per heavy atom. The number of nitrogens with one attached hydrogen (secondary N) is 3. The first-order chi connectivity index (χ1) is 12.4. The second-order valence-corrected chi connectivity index (χ2v) is 9.38. The van der Waals surface area contributed by atoms with Gasteiger partial charge in [-0.15, -0.1) is 10.2 Å². The van der Waals surface area contributed by atoms with Crippen LogP contribution >= 0.6 is 23.1 Å². The average molecular weight is 416 g/mol. The lowest BCUT2D eigenvalue weighted by atomic mass is 10.2. The predicted octanol–water partition coefficient (Wildman–Crippen LogP) is 2.31. The van der Waals surface area contributed by atoms with Crippen LogP contribution in [-0.2, 0) is 14.8 Å². The highest BCUT2D eigenvalue weighted by atomic mass is 32.2. The number of carbonyl (C=O) groups is 1. The van der Waals surface area contributed by atoms with Crippen molar-refractivity contribution in [3.05, 3.63) is 23.8 Å². The second-order valence-electron chi connectivity index (χ2n) is 5.32. The number of anilines is 2. The van der Waals surface area contributed by atoms with E-state index in [1.165, 1.54) is 36.2 Å². The SMILES string of the molecule is CCCNc1nnc(SCC(=O)Nc2ccc(C)c(S(=O)(=O)NC)c2)s1. The second kappa shape index (κ2) is 9.31. The number of carbonyl (C=O) groups excluding carboxylic acids is 1. The standard InChI is InChI=1S/C15H21N5O3S3/c1-4-7-17-14-19-20-15(25-14)24-9-13(21)18-11-6-5-10(2)12(8-11)26(22,23)16-3/h5-6,8,16H,4,7,9H2,1-3H3,(H,17,19)(H,18,21). The molecule has 2 rings (SSSR count). The summed E-state index contributed by atoms with van der Waals surface area (Å²) >= 11 is 2.68. The summed E-state index contributed by atoms with van der Waals surface area (Å²) in [5, 5.41) is 14.6. The van der Waals surface area contributed by atoms with Crippen molar-refractivity contribution in [2.24, 2.45) is 0 Å². The van der Waals surface area contributed by atoms with Crippen molar-refractivity contribution >= 4 is 49.8 Å². The number of benzene rings is 1. The molecule has 0 spiro atoms. The van der Waals surface area contributed by atoms with E-state index in [4.69, 9.17) is 0 Å². The van der Waals surface area contributed by atoms with E-state index < -0.39 is 10.0 Å². The number of hydrogen-bond acceptors (Lipinski definition) is 8. The fraction of sp³-hybridized carbons (Fsp3) is 0.400. The van der Waals surface area contributed by atoms with E-state index in [0.29, 0.717) is 15.6 Å². The van der Waals surface area contributed by atoms with Gasteiger partial charge in [-0.1, -0.05) is 36.1 Å². The number of sulfonamides is 1. The molecular formula is C15H21N5O3S3. The van der Waals surface area contributed by atoms with E-state index in [2.05, 4.69) is 32.5 Å². The highest BCUT2D eigenvalue weighted by Gasteiger charge is 2.16.